The quantitative estimate of drug-likeness (QED) is 0.230. The van der Waals surface area contributed by atoms with Gasteiger partial charge in [0.1, 0.15) is 5.69 Å². The molecule has 0 saturated heterocycles. The average Bonchev–Trinajstić information content (AvgIpc) is 3.60. The molecule has 0 radical (unpaired) electrons. The van der Waals surface area contributed by atoms with Gasteiger partial charge in [-0.25, -0.2) is 4.79 Å². The summed E-state index contributed by atoms with van der Waals surface area (Å²) in [7, 11) is 3.07. The van der Waals surface area contributed by atoms with Gasteiger partial charge in [0.2, 0.25) is 5.91 Å². The Kier molecular flexibility index (Phi) is 7.02. The Morgan fingerprint density at radius 1 is 0.975 bits per heavy atom. The fourth-order valence-corrected chi connectivity index (χ4v) is 4.21. The molecule has 40 heavy (non-hydrogen) atoms. The third-order valence-corrected chi connectivity index (χ3v) is 6.08. The summed E-state index contributed by atoms with van der Waals surface area (Å²) in [6, 6.07) is 18.7. The molecular weight excluding hydrogens is 516 g/mol. The van der Waals surface area contributed by atoms with Crippen LogP contribution in [0.4, 0.5) is 11.4 Å². The van der Waals surface area contributed by atoms with Crippen molar-refractivity contribution in [2.45, 2.75) is 6.42 Å². The molecule has 2 aromatic heterocycles. The summed E-state index contributed by atoms with van der Waals surface area (Å²) in [5, 5.41) is 19.3. The van der Waals surface area contributed by atoms with Crippen LogP contribution in [0.15, 0.2) is 70.0 Å². The van der Waals surface area contributed by atoms with Crippen molar-refractivity contribution in [2.75, 3.05) is 24.9 Å². The molecule has 0 unspecified atom stereocenters. The Morgan fingerprint density at radius 2 is 1.80 bits per heavy atom. The van der Waals surface area contributed by atoms with Crippen molar-refractivity contribution in [3.05, 3.63) is 88.0 Å². The Labute approximate surface area is 226 Å². The predicted octanol–water partition coefficient (Wildman–Crippen LogP) is 3.83. The van der Waals surface area contributed by atoms with Crippen molar-refractivity contribution in [3.8, 4) is 29.0 Å². The normalized spacial score (nSPS) is 10.6. The van der Waals surface area contributed by atoms with Crippen molar-refractivity contribution in [2.24, 2.45) is 0 Å². The molecule has 0 fully saturated rings. The number of benzene rings is 3. The third-order valence-electron chi connectivity index (χ3n) is 6.08. The van der Waals surface area contributed by atoms with E-state index in [1.54, 1.807) is 42.5 Å². The van der Waals surface area contributed by atoms with E-state index in [1.807, 2.05) is 6.07 Å². The van der Waals surface area contributed by atoms with Crippen molar-refractivity contribution in [1.82, 2.24) is 15.1 Å². The molecule has 0 aliphatic carbocycles. The second kappa shape index (κ2) is 10.9. The summed E-state index contributed by atoms with van der Waals surface area (Å²) in [4.78, 5) is 43.0. The topological polar surface area (TPSA) is 175 Å². The first-order valence-corrected chi connectivity index (χ1v) is 11.9. The van der Waals surface area contributed by atoms with E-state index in [1.165, 1.54) is 32.4 Å². The van der Waals surface area contributed by atoms with Crippen LogP contribution < -0.4 is 25.9 Å². The number of ether oxygens (including phenoxy) is 2. The summed E-state index contributed by atoms with van der Waals surface area (Å²) in [5.74, 6) is -0.370. The maximum atomic E-state index is 13.2. The van der Waals surface area contributed by atoms with E-state index in [2.05, 4.69) is 30.3 Å². The molecule has 0 atom stereocenters. The first-order chi connectivity index (χ1) is 19.4. The van der Waals surface area contributed by atoms with Gasteiger partial charge in [-0.3, -0.25) is 19.1 Å². The summed E-state index contributed by atoms with van der Waals surface area (Å²) in [5.41, 5.74) is 2.93. The van der Waals surface area contributed by atoms with Crippen molar-refractivity contribution >= 4 is 34.1 Å². The molecule has 2 amide bonds. The standard InChI is InChI=1S/C28H22N6O6/c1-38-22-9-7-15(11-23(22)39-2)12-24(35)30-20-5-3-4-17-13-21(31-25(17)20)27(36)32-19-8-6-16(14-29)10-18(19)26-33-28(37)40-34-26/h3-11,13,31H,12H2,1-2H3,(H,30,35)(H,32,36)(H,33,34,37). The van der Waals surface area contributed by atoms with Gasteiger partial charge < -0.3 is 25.1 Å². The molecule has 4 N–H and O–H groups in total. The number of nitrogens with zero attached hydrogens (tertiary/aromatic N) is 2. The molecule has 0 spiro atoms. The van der Waals surface area contributed by atoms with Gasteiger partial charge in [0.05, 0.1) is 49.2 Å². The van der Waals surface area contributed by atoms with E-state index < -0.39 is 11.7 Å². The molecule has 3 aromatic carbocycles. The molecule has 200 valence electrons. The number of aromatic amines is 2. The summed E-state index contributed by atoms with van der Waals surface area (Å²) in [6.45, 7) is 0. The summed E-state index contributed by atoms with van der Waals surface area (Å²) < 4.78 is 15.1. The number of carbonyl (C=O) groups is 2. The van der Waals surface area contributed by atoms with Gasteiger partial charge in [-0.1, -0.05) is 23.4 Å². The maximum absolute atomic E-state index is 13.2. The Bertz CT molecular complexity index is 1840. The van der Waals surface area contributed by atoms with E-state index >= 15 is 0 Å². The number of rotatable bonds is 8. The minimum atomic E-state index is -0.772. The monoisotopic (exact) mass is 538 g/mol. The molecule has 0 aliphatic heterocycles. The van der Waals surface area contributed by atoms with Crippen LogP contribution in [-0.4, -0.2) is 41.2 Å². The minimum Gasteiger partial charge on any atom is -0.493 e. The highest BCUT2D eigenvalue weighted by molar-refractivity contribution is 6.09. The van der Waals surface area contributed by atoms with Crippen LogP contribution in [0.3, 0.4) is 0 Å². The van der Waals surface area contributed by atoms with E-state index in [-0.39, 0.29) is 23.8 Å². The zero-order chi connectivity index (χ0) is 28.2. The van der Waals surface area contributed by atoms with E-state index in [0.29, 0.717) is 44.9 Å². The number of methoxy groups -OCH3 is 2. The molecule has 0 saturated carbocycles. The Balaban J connectivity index is 1.37. The van der Waals surface area contributed by atoms with Gasteiger partial charge in [-0.15, -0.1) is 0 Å². The first-order valence-electron chi connectivity index (χ1n) is 11.9. The minimum absolute atomic E-state index is 0.0634. The van der Waals surface area contributed by atoms with Crippen LogP contribution in [0.2, 0.25) is 0 Å². The molecule has 2 heterocycles. The first kappa shape index (κ1) is 25.8. The van der Waals surface area contributed by atoms with Crippen LogP contribution in [0.25, 0.3) is 22.3 Å². The SMILES string of the molecule is COc1ccc(CC(=O)Nc2cccc3cc(C(=O)Nc4ccc(C#N)cc4-c4noc(=O)[nH]4)[nH]c23)cc1OC. The van der Waals surface area contributed by atoms with Gasteiger partial charge in [0.25, 0.3) is 5.91 Å². The number of nitriles is 1. The average molecular weight is 539 g/mol. The second-order valence-electron chi connectivity index (χ2n) is 8.64. The number of aromatic nitrogens is 3. The number of amides is 2. The number of H-pyrrole nitrogens is 2. The van der Waals surface area contributed by atoms with Crippen LogP contribution >= 0.6 is 0 Å². The lowest BCUT2D eigenvalue weighted by Gasteiger charge is -2.10. The van der Waals surface area contributed by atoms with Crippen molar-refractivity contribution < 1.29 is 23.6 Å². The maximum Gasteiger partial charge on any atom is 0.439 e. The lowest BCUT2D eigenvalue weighted by molar-refractivity contribution is -0.115. The number of hydrogen-bond acceptors (Lipinski definition) is 8. The number of nitrogens with one attached hydrogen (secondary N) is 4. The number of para-hydroxylation sites is 1. The predicted molar refractivity (Wildman–Crippen MR) is 145 cm³/mol. The fraction of sp³-hybridized carbons (Fsp3) is 0.107. The third kappa shape index (κ3) is 5.25. The highest BCUT2D eigenvalue weighted by atomic mass is 16.5. The van der Waals surface area contributed by atoms with Crippen molar-refractivity contribution in [1.29, 1.82) is 5.26 Å². The smallest absolute Gasteiger partial charge is 0.439 e. The highest BCUT2D eigenvalue weighted by Gasteiger charge is 2.18. The van der Waals surface area contributed by atoms with E-state index in [0.717, 1.165) is 5.56 Å². The van der Waals surface area contributed by atoms with Crippen LogP contribution in [0.5, 0.6) is 11.5 Å². The number of carbonyl (C=O) groups excluding carboxylic acids is 2. The van der Waals surface area contributed by atoms with Crippen LogP contribution in [-0.2, 0) is 11.2 Å². The van der Waals surface area contributed by atoms with Crippen LogP contribution in [0.1, 0.15) is 21.6 Å². The second-order valence-corrected chi connectivity index (χ2v) is 8.64. The lowest BCUT2D eigenvalue weighted by Crippen LogP contribution is -2.15. The van der Waals surface area contributed by atoms with Crippen molar-refractivity contribution in [3.63, 3.8) is 0 Å². The van der Waals surface area contributed by atoms with E-state index in [4.69, 9.17) is 9.47 Å². The Hall–Kier alpha value is -5.83. The summed E-state index contributed by atoms with van der Waals surface area (Å²) >= 11 is 0. The molecule has 5 aromatic rings. The number of anilines is 2. The summed E-state index contributed by atoms with van der Waals surface area (Å²) in [6.07, 6.45) is 0.0937. The Morgan fingerprint density at radius 3 is 2.52 bits per heavy atom. The van der Waals surface area contributed by atoms with Gasteiger partial charge in [-0.2, -0.15) is 5.26 Å². The lowest BCUT2D eigenvalue weighted by atomic mass is 10.1. The van der Waals surface area contributed by atoms with Gasteiger partial charge in [0, 0.05) is 10.9 Å². The molecule has 5 rings (SSSR count). The molecule has 0 aliphatic rings. The molecule has 12 heteroatoms. The number of fused-ring (bicyclic) bond motifs is 1. The highest BCUT2D eigenvalue weighted by Crippen LogP contribution is 2.30. The van der Waals surface area contributed by atoms with Gasteiger partial charge in [-0.05, 0) is 48.0 Å². The van der Waals surface area contributed by atoms with E-state index in [9.17, 15) is 19.6 Å². The molecule has 12 nitrogen and oxygen atoms in total. The van der Waals surface area contributed by atoms with Gasteiger partial charge in [0.15, 0.2) is 17.3 Å². The fourth-order valence-electron chi connectivity index (χ4n) is 4.21. The largest absolute Gasteiger partial charge is 0.493 e. The van der Waals surface area contributed by atoms with Gasteiger partial charge >= 0.3 is 5.76 Å². The zero-order valence-corrected chi connectivity index (χ0v) is 21.3. The van der Waals surface area contributed by atoms with Crippen LogP contribution in [0, 0.1) is 11.3 Å². The number of hydrogen-bond donors (Lipinski definition) is 4. The molecular formula is C28H22N6O6. The zero-order valence-electron chi connectivity index (χ0n) is 21.3. The molecule has 0 bridgehead atoms.